The van der Waals surface area contributed by atoms with E-state index >= 15 is 0 Å². The first-order chi connectivity index (χ1) is 11.2. The summed E-state index contributed by atoms with van der Waals surface area (Å²) in [6.45, 7) is 1.18. The van der Waals surface area contributed by atoms with Crippen LogP contribution in [-0.4, -0.2) is 20.2 Å². The Morgan fingerprint density at radius 2 is 1.71 bits per heavy atom. The predicted molar refractivity (Wildman–Crippen MR) is 86.8 cm³/mol. The Morgan fingerprint density at radius 3 is 2.29 bits per heavy atom. The molecule has 2 aromatic rings. The molecule has 0 aliphatic heterocycles. The second kappa shape index (κ2) is 6.98. The zero-order chi connectivity index (χ0) is 17.9. The van der Waals surface area contributed by atoms with E-state index in [1.807, 2.05) is 4.72 Å². The molecule has 0 fully saturated rings. The molecule has 2 aromatic carbocycles. The van der Waals surface area contributed by atoms with Crippen LogP contribution in [0, 0.1) is 5.82 Å². The molecule has 0 atom stereocenters. The van der Waals surface area contributed by atoms with E-state index in [1.165, 1.54) is 31.2 Å². The molecule has 0 spiro atoms. The van der Waals surface area contributed by atoms with Gasteiger partial charge in [0, 0.05) is 17.5 Å². The summed E-state index contributed by atoms with van der Waals surface area (Å²) in [6.07, 6.45) is 0. The van der Waals surface area contributed by atoms with Crippen LogP contribution < -0.4 is 10.0 Å². The normalized spacial score (nSPS) is 11.0. The highest BCUT2D eigenvalue weighted by molar-refractivity contribution is 7.90. The number of carbonyl (C=O) groups excluding carboxylic acids is 2. The van der Waals surface area contributed by atoms with Crippen molar-refractivity contribution in [2.45, 2.75) is 11.8 Å². The van der Waals surface area contributed by atoms with Gasteiger partial charge in [0.25, 0.3) is 15.9 Å². The molecule has 2 N–H and O–H groups in total. The fourth-order valence-electron chi connectivity index (χ4n) is 1.81. The van der Waals surface area contributed by atoms with Crippen molar-refractivity contribution < 1.29 is 22.4 Å². The molecule has 0 saturated heterocycles. The highest BCUT2D eigenvalue weighted by atomic mass is 35.5. The maximum absolute atomic E-state index is 13.6. The number of rotatable bonds is 4. The number of nitrogens with one attached hydrogen (secondary N) is 2. The topological polar surface area (TPSA) is 92.3 Å². The zero-order valence-corrected chi connectivity index (χ0v) is 13.9. The lowest BCUT2D eigenvalue weighted by atomic mass is 10.2. The van der Waals surface area contributed by atoms with Gasteiger partial charge in [-0.1, -0.05) is 11.6 Å². The van der Waals surface area contributed by atoms with Crippen LogP contribution in [0.2, 0.25) is 5.02 Å². The molecule has 0 unspecified atom stereocenters. The lowest BCUT2D eigenvalue weighted by Gasteiger charge is -2.09. The Hall–Kier alpha value is -2.45. The van der Waals surface area contributed by atoms with Crippen LogP contribution in [0.4, 0.5) is 10.1 Å². The quantitative estimate of drug-likeness (QED) is 0.865. The van der Waals surface area contributed by atoms with Crippen molar-refractivity contribution in [3.8, 4) is 0 Å². The van der Waals surface area contributed by atoms with Gasteiger partial charge in [-0.15, -0.1) is 0 Å². The fraction of sp³-hybridized carbons (Fsp3) is 0.0667. The first-order valence-corrected chi connectivity index (χ1v) is 8.45. The third-order valence-corrected chi connectivity index (χ3v) is 4.49. The van der Waals surface area contributed by atoms with Gasteiger partial charge in [0.05, 0.1) is 10.6 Å². The number of sulfonamides is 1. The van der Waals surface area contributed by atoms with Crippen molar-refractivity contribution in [2.75, 3.05) is 5.32 Å². The molecule has 0 aliphatic rings. The predicted octanol–water partition coefficient (Wildman–Crippen LogP) is 2.56. The average Bonchev–Trinajstić information content (AvgIpc) is 2.49. The molecule has 9 heteroatoms. The van der Waals surface area contributed by atoms with Crippen LogP contribution in [0.15, 0.2) is 47.4 Å². The molecule has 0 heterocycles. The second-order valence-corrected chi connectivity index (χ2v) is 6.88. The smallest absolute Gasteiger partial charge is 0.265 e. The Labute approximate surface area is 142 Å². The summed E-state index contributed by atoms with van der Waals surface area (Å²) >= 11 is 5.68. The van der Waals surface area contributed by atoms with Crippen LogP contribution in [0.1, 0.15) is 17.3 Å². The third-order valence-electron chi connectivity index (χ3n) is 2.89. The van der Waals surface area contributed by atoms with Gasteiger partial charge in [0.15, 0.2) is 0 Å². The molecule has 6 nitrogen and oxygen atoms in total. The number of benzene rings is 2. The van der Waals surface area contributed by atoms with Gasteiger partial charge in [-0.25, -0.2) is 17.5 Å². The average molecular weight is 371 g/mol. The highest BCUT2D eigenvalue weighted by Gasteiger charge is 2.19. The first kappa shape index (κ1) is 17.9. The maximum Gasteiger partial charge on any atom is 0.265 e. The molecule has 24 heavy (non-hydrogen) atoms. The van der Waals surface area contributed by atoms with Gasteiger partial charge < -0.3 is 5.32 Å². The van der Waals surface area contributed by atoms with E-state index in [4.69, 9.17) is 11.6 Å². The van der Waals surface area contributed by atoms with Crippen molar-refractivity contribution >= 4 is 39.1 Å². The summed E-state index contributed by atoms with van der Waals surface area (Å²) in [5, 5.41) is 2.56. The summed E-state index contributed by atoms with van der Waals surface area (Å²) in [7, 11) is -4.11. The summed E-state index contributed by atoms with van der Waals surface area (Å²) in [5.41, 5.74) is -0.350. The van der Waals surface area contributed by atoms with E-state index in [9.17, 15) is 22.4 Å². The van der Waals surface area contributed by atoms with Crippen LogP contribution in [0.5, 0.6) is 0 Å². The SMILES string of the molecule is CC(=O)Nc1cc(C(=O)NS(=O)(=O)c2ccc(Cl)cc2)ccc1F. The second-order valence-electron chi connectivity index (χ2n) is 4.76. The lowest BCUT2D eigenvalue weighted by molar-refractivity contribution is -0.114. The standard InChI is InChI=1S/C15H12ClFN2O4S/c1-9(20)18-14-8-10(2-7-13(14)17)15(21)19-24(22,23)12-5-3-11(16)4-6-12/h2-8H,1H3,(H,18,20)(H,19,21). The van der Waals surface area contributed by atoms with Crippen LogP contribution >= 0.6 is 11.6 Å². The van der Waals surface area contributed by atoms with Crippen LogP contribution in [0.25, 0.3) is 0 Å². The maximum atomic E-state index is 13.6. The number of amides is 2. The van der Waals surface area contributed by atoms with Crippen molar-refractivity contribution in [1.29, 1.82) is 0 Å². The van der Waals surface area contributed by atoms with Crippen LogP contribution in [-0.2, 0) is 14.8 Å². The third kappa shape index (κ3) is 4.30. The van der Waals surface area contributed by atoms with Gasteiger partial charge in [-0.3, -0.25) is 9.59 Å². The van der Waals surface area contributed by atoms with Gasteiger partial charge in [-0.05, 0) is 42.5 Å². The molecule has 0 aliphatic carbocycles. The molecule has 0 saturated carbocycles. The monoisotopic (exact) mass is 370 g/mol. The Bertz CT molecular complexity index is 898. The molecule has 2 amide bonds. The van der Waals surface area contributed by atoms with E-state index in [0.29, 0.717) is 5.02 Å². The Balaban J connectivity index is 2.26. The molecule has 2 rings (SSSR count). The summed E-state index contributed by atoms with van der Waals surface area (Å²) in [6, 6.07) is 8.32. The molecular formula is C15H12ClFN2O4S. The van der Waals surface area contributed by atoms with Gasteiger partial charge >= 0.3 is 0 Å². The first-order valence-electron chi connectivity index (χ1n) is 6.59. The van der Waals surface area contributed by atoms with Crippen molar-refractivity contribution in [3.05, 3.63) is 58.9 Å². The summed E-state index contributed by atoms with van der Waals surface area (Å²) in [5.74, 6) is -2.24. The summed E-state index contributed by atoms with van der Waals surface area (Å²) < 4.78 is 39.7. The van der Waals surface area contributed by atoms with E-state index in [2.05, 4.69) is 5.32 Å². The van der Waals surface area contributed by atoms with Crippen molar-refractivity contribution in [3.63, 3.8) is 0 Å². The number of anilines is 1. The minimum absolute atomic E-state index is 0.127. The highest BCUT2D eigenvalue weighted by Crippen LogP contribution is 2.18. The van der Waals surface area contributed by atoms with Crippen molar-refractivity contribution in [1.82, 2.24) is 4.72 Å². The van der Waals surface area contributed by atoms with Gasteiger partial charge in [0.2, 0.25) is 5.91 Å². The fourth-order valence-corrected chi connectivity index (χ4v) is 2.91. The molecular weight excluding hydrogens is 359 g/mol. The van der Waals surface area contributed by atoms with E-state index < -0.39 is 27.7 Å². The van der Waals surface area contributed by atoms with E-state index in [-0.39, 0.29) is 16.1 Å². The van der Waals surface area contributed by atoms with E-state index in [0.717, 1.165) is 18.2 Å². The van der Waals surface area contributed by atoms with E-state index in [1.54, 1.807) is 0 Å². The van der Waals surface area contributed by atoms with Gasteiger partial charge in [0.1, 0.15) is 5.82 Å². The largest absolute Gasteiger partial charge is 0.324 e. The Kier molecular flexibility index (Phi) is 5.20. The van der Waals surface area contributed by atoms with Crippen molar-refractivity contribution in [2.24, 2.45) is 0 Å². The molecule has 0 aromatic heterocycles. The molecule has 126 valence electrons. The number of carbonyl (C=O) groups is 2. The minimum Gasteiger partial charge on any atom is -0.324 e. The molecule has 0 bridgehead atoms. The number of hydrogen-bond acceptors (Lipinski definition) is 4. The zero-order valence-electron chi connectivity index (χ0n) is 12.3. The number of hydrogen-bond donors (Lipinski definition) is 2. The minimum atomic E-state index is -4.11. The molecule has 0 radical (unpaired) electrons. The summed E-state index contributed by atoms with van der Waals surface area (Å²) in [4.78, 5) is 23.0. The number of halogens is 2. The Morgan fingerprint density at radius 1 is 1.08 bits per heavy atom. The van der Waals surface area contributed by atoms with Gasteiger partial charge in [-0.2, -0.15) is 0 Å². The lowest BCUT2D eigenvalue weighted by Crippen LogP contribution is -2.30. The van der Waals surface area contributed by atoms with Crippen LogP contribution in [0.3, 0.4) is 0 Å².